The van der Waals surface area contributed by atoms with Crippen LogP contribution in [0.3, 0.4) is 0 Å². The number of amides is 4. The minimum absolute atomic E-state index is 0.223. The monoisotopic (exact) mass is 414 g/mol. The summed E-state index contributed by atoms with van der Waals surface area (Å²) in [5.41, 5.74) is 6.82. The van der Waals surface area contributed by atoms with Crippen LogP contribution in [0.25, 0.3) is 0 Å². The van der Waals surface area contributed by atoms with Gasteiger partial charge in [0, 0.05) is 23.7 Å². The first-order valence-corrected chi connectivity index (χ1v) is 10.6. The summed E-state index contributed by atoms with van der Waals surface area (Å²) in [6.45, 7) is 4.94. The van der Waals surface area contributed by atoms with Gasteiger partial charge in [0.25, 0.3) is 5.91 Å². The van der Waals surface area contributed by atoms with Crippen molar-refractivity contribution in [2.24, 2.45) is 5.92 Å². The average Bonchev–Trinajstić information content (AvgIpc) is 3.13. The van der Waals surface area contributed by atoms with E-state index in [0.717, 1.165) is 23.3 Å². The van der Waals surface area contributed by atoms with Gasteiger partial charge in [-0.15, -0.1) is 11.3 Å². The number of aryl methyl sites for hydroxylation is 2. The fraction of sp³-hybridized carbons (Fsp3) is 0.381. The highest BCUT2D eigenvalue weighted by molar-refractivity contribution is 7.14. The Morgan fingerprint density at radius 1 is 1.17 bits per heavy atom. The number of rotatable bonds is 4. The van der Waals surface area contributed by atoms with Crippen LogP contribution in [-0.4, -0.2) is 35.8 Å². The highest BCUT2D eigenvalue weighted by Gasteiger charge is 2.29. The molecular weight excluding hydrogens is 388 g/mol. The topological polar surface area (TPSA) is 90.5 Å². The summed E-state index contributed by atoms with van der Waals surface area (Å²) in [4.78, 5) is 40.6. The largest absolute Gasteiger partial charge is 0.324 e. The van der Waals surface area contributed by atoms with Gasteiger partial charge in [-0.3, -0.25) is 20.4 Å². The van der Waals surface area contributed by atoms with E-state index in [-0.39, 0.29) is 23.8 Å². The van der Waals surface area contributed by atoms with Crippen molar-refractivity contribution in [2.75, 3.05) is 18.4 Å². The summed E-state index contributed by atoms with van der Waals surface area (Å²) in [5.74, 6) is -0.956. The predicted molar refractivity (Wildman–Crippen MR) is 114 cm³/mol. The molecule has 0 unspecified atom stereocenters. The zero-order chi connectivity index (χ0) is 20.8. The minimum Gasteiger partial charge on any atom is -0.324 e. The van der Waals surface area contributed by atoms with Crippen molar-refractivity contribution >= 4 is 34.9 Å². The van der Waals surface area contributed by atoms with Gasteiger partial charge in [-0.2, -0.15) is 0 Å². The first kappa shape index (κ1) is 20.9. The van der Waals surface area contributed by atoms with Gasteiger partial charge in [0.1, 0.15) is 0 Å². The Hall–Kier alpha value is -2.87. The van der Waals surface area contributed by atoms with Crippen LogP contribution in [0.4, 0.5) is 10.5 Å². The van der Waals surface area contributed by atoms with Gasteiger partial charge in [0.2, 0.25) is 5.91 Å². The van der Waals surface area contributed by atoms with Crippen molar-refractivity contribution < 1.29 is 14.4 Å². The van der Waals surface area contributed by atoms with Gasteiger partial charge in [-0.25, -0.2) is 4.79 Å². The highest BCUT2D eigenvalue weighted by Crippen LogP contribution is 2.22. The third-order valence-corrected chi connectivity index (χ3v) is 6.35. The van der Waals surface area contributed by atoms with Crippen LogP contribution in [-0.2, 0) is 11.2 Å². The predicted octanol–water partition coefficient (Wildman–Crippen LogP) is 3.32. The number of hydrazine groups is 1. The molecule has 1 aliphatic rings. The molecular formula is C21H26N4O3S. The van der Waals surface area contributed by atoms with E-state index in [0.29, 0.717) is 30.1 Å². The van der Waals surface area contributed by atoms with E-state index >= 15 is 0 Å². The Balaban J connectivity index is 1.51. The maximum Gasteiger partial charge on any atom is 0.321 e. The molecule has 1 aromatic heterocycles. The number of carbonyl (C=O) groups excluding carboxylic acids is 3. The lowest BCUT2D eigenvalue weighted by molar-refractivity contribution is -0.127. The van der Waals surface area contributed by atoms with E-state index in [4.69, 9.17) is 0 Å². The quantitative estimate of drug-likeness (QED) is 0.671. The molecule has 1 atom stereocenters. The number of carbonyl (C=O) groups is 3. The number of nitrogens with one attached hydrogen (secondary N) is 3. The third-order valence-electron chi connectivity index (χ3n) is 4.97. The van der Waals surface area contributed by atoms with Crippen LogP contribution in [0.2, 0.25) is 0 Å². The standard InChI is InChI=1S/C21H26N4O3S/c1-3-17-14(2)12-18(29-17)20(27)24-23-19(26)15-8-7-11-25(13-15)21(28)22-16-9-5-4-6-10-16/h4-6,9-10,12,15H,3,7-8,11,13H2,1-2H3,(H,22,28)(H,23,26)(H,24,27)/t15-/m1/s1. The number of piperidine rings is 1. The van der Waals surface area contributed by atoms with Gasteiger partial charge in [0.15, 0.2) is 0 Å². The van der Waals surface area contributed by atoms with Crippen LogP contribution in [0.15, 0.2) is 36.4 Å². The molecule has 1 aromatic carbocycles. The molecule has 1 fully saturated rings. The van der Waals surface area contributed by atoms with Crippen molar-refractivity contribution in [1.29, 1.82) is 0 Å². The average molecular weight is 415 g/mol. The zero-order valence-corrected chi connectivity index (χ0v) is 17.5. The molecule has 154 valence electrons. The molecule has 0 saturated carbocycles. The fourth-order valence-electron chi connectivity index (χ4n) is 3.36. The van der Waals surface area contributed by atoms with Gasteiger partial charge in [-0.05, 0) is 49.9 Å². The summed E-state index contributed by atoms with van der Waals surface area (Å²) >= 11 is 1.44. The number of benzene rings is 1. The van der Waals surface area contributed by atoms with Crippen molar-refractivity contribution in [3.63, 3.8) is 0 Å². The molecule has 2 aromatic rings. The van der Waals surface area contributed by atoms with E-state index in [1.165, 1.54) is 11.3 Å². The molecule has 1 saturated heterocycles. The van der Waals surface area contributed by atoms with E-state index in [9.17, 15) is 14.4 Å². The molecule has 0 aliphatic carbocycles. The van der Waals surface area contributed by atoms with Crippen molar-refractivity contribution in [3.8, 4) is 0 Å². The number of urea groups is 1. The maximum atomic E-state index is 12.5. The summed E-state index contributed by atoms with van der Waals surface area (Å²) in [6.07, 6.45) is 2.28. The van der Waals surface area contributed by atoms with Crippen LogP contribution >= 0.6 is 11.3 Å². The molecule has 2 heterocycles. The first-order valence-electron chi connectivity index (χ1n) is 9.78. The SMILES string of the molecule is CCc1sc(C(=O)NNC(=O)[C@@H]2CCCN(C(=O)Nc3ccccc3)C2)cc1C. The molecule has 4 amide bonds. The molecule has 0 spiro atoms. The zero-order valence-electron chi connectivity index (χ0n) is 16.7. The van der Waals surface area contributed by atoms with Gasteiger partial charge < -0.3 is 10.2 Å². The molecule has 3 N–H and O–H groups in total. The maximum absolute atomic E-state index is 12.5. The van der Waals surface area contributed by atoms with E-state index in [2.05, 4.69) is 16.2 Å². The fourth-order valence-corrected chi connectivity index (χ4v) is 4.37. The highest BCUT2D eigenvalue weighted by atomic mass is 32.1. The Labute approximate surface area is 174 Å². The lowest BCUT2D eigenvalue weighted by Crippen LogP contribution is -2.50. The van der Waals surface area contributed by atoms with Gasteiger partial charge in [-0.1, -0.05) is 25.1 Å². The normalized spacial score (nSPS) is 16.2. The van der Waals surface area contributed by atoms with Crippen LogP contribution < -0.4 is 16.2 Å². The Kier molecular flexibility index (Phi) is 6.87. The molecule has 29 heavy (non-hydrogen) atoms. The van der Waals surface area contributed by atoms with Gasteiger partial charge >= 0.3 is 6.03 Å². The molecule has 0 bridgehead atoms. The second-order valence-electron chi connectivity index (χ2n) is 7.10. The van der Waals surface area contributed by atoms with Crippen LogP contribution in [0.1, 0.15) is 39.9 Å². The van der Waals surface area contributed by atoms with E-state index < -0.39 is 0 Å². The van der Waals surface area contributed by atoms with E-state index in [1.807, 2.05) is 50.2 Å². The second kappa shape index (κ2) is 9.56. The lowest BCUT2D eigenvalue weighted by atomic mass is 9.98. The van der Waals surface area contributed by atoms with E-state index in [1.54, 1.807) is 4.90 Å². The number of hydrogen-bond acceptors (Lipinski definition) is 4. The van der Waals surface area contributed by atoms with Crippen LogP contribution in [0.5, 0.6) is 0 Å². The minimum atomic E-state index is -0.359. The number of anilines is 1. The molecule has 8 heteroatoms. The Morgan fingerprint density at radius 3 is 2.62 bits per heavy atom. The summed E-state index contributed by atoms with van der Waals surface area (Å²) in [7, 11) is 0. The number of para-hydroxylation sites is 1. The third kappa shape index (κ3) is 5.35. The van der Waals surface area contributed by atoms with Crippen molar-refractivity contribution in [3.05, 3.63) is 51.7 Å². The smallest absolute Gasteiger partial charge is 0.321 e. The number of likely N-dealkylation sites (tertiary alicyclic amines) is 1. The molecule has 7 nitrogen and oxygen atoms in total. The van der Waals surface area contributed by atoms with Gasteiger partial charge in [0.05, 0.1) is 10.8 Å². The molecule has 1 aliphatic heterocycles. The number of hydrogen-bond donors (Lipinski definition) is 3. The number of thiophene rings is 1. The summed E-state index contributed by atoms with van der Waals surface area (Å²) in [6, 6.07) is 10.8. The number of nitrogens with zero attached hydrogens (tertiary/aromatic N) is 1. The first-order chi connectivity index (χ1) is 14.0. The Morgan fingerprint density at radius 2 is 1.93 bits per heavy atom. The lowest BCUT2D eigenvalue weighted by Gasteiger charge is -2.32. The Bertz CT molecular complexity index is 881. The molecule has 3 rings (SSSR count). The van der Waals surface area contributed by atoms with Crippen molar-refractivity contribution in [2.45, 2.75) is 33.1 Å². The second-order valence-corrected chi connectivity index (χ2v) is 8.23. The summed E-state index contributed by atoms with van der Waals surface area (Å²) < 4.78 is 0. The molecule has 0 radical (unpaired) electrons. The van der Waals surface area contributed by atoms with Crippen LogP contribution in [0, 0.1) is 12.8 Å². The summed E-state index contributed by atoms with van der Waals surface area (Å²) in [5, 5.41) is 2.84. The van der Waals surface area contributed by atoms with Crippen molar-refractivity contribution in [1.82, 2.24) is 15.8 Å².